The predicted molar refractivity (Wildman–Crippen MR) is 92.9 cm³/mol. The fourth-order valence-corrected chi connectivity index (χ4v) is 3.39. The molecule has 1 aliphatic carbocycles. The smallest absolute Gasteiger partial charge is 0.315 e. The van der Waals surface area contributed by atoms with E-state index < -0.39 is 11.7 Å². The number of ether oxygens (including phenoxy) is 1. The third kappa shape index (κ3) is 3.37. The van der Waals surface area contributed by atoms with Crippen molar-refractivity contribution in [3.8, 4) is 0 Å². The van der Waals surface area contributed by atoms with Crippen molar-refractivity contribution in [2.24, 2.45) is 0 Å². The second kappa shape index (κ2) is 6.48. The number of carbonyl (C=O) groups excluding carboxylic acids is 1. The van der Waals surface area contributed by atoms with Crippen LogP contribution in [0.15, 0.2) is 54.6 Å². The van der Waals surface area contributed by atoms with Crippen molar-refractivity contribution in [2.45, 2.75) is 37.3 Å². The highest BCUT2D eigenvalue weighted by molar-refractivity contribution is 5.75. The molecule has 2 aromatic carbocycles. The van der Waals surface area contributed by atoms with Gasteiger partial charge in [0.15, 0.2) is 5.67 Å². The number of carbonyl (C=O) groups is 1. The molecule has 1 aliphatic heterocycles. The quantitative estimate of drug-likeness (QED) is 0.899. The third-order valence-electron chi connectivity index (χ3n) is 4.98. The number of hydrogen-bond donors (Lipinski definition) is 2. The summed E-state index contributed by atoms with van der Waals surface area (Å²) in [5.41, 5.74) is 1.63. The van der Waals surface area contributed by atoms with Crippen LogP contribution >= 0.6 is 0 Å². The highest BCUT2D eigenvalue weighted by Crippen LogP contribution is 2.49. The lowest BCUT2D eigenvalue weighted by atomic mass is 9.99. The zero-order valence-electron chi connectivity index (χ0n) is 13.9. The maximum atomic E-state index is 14.8. The zero-order chi connectivity index (χ0) is 17.3. The summed E-state index contributed by atoms with van der Waals surface area (Å²) in [6.07, 6.45) is 1.04. The Morgan fingerprint density at radius 3 is 2.64 bits per heavy atom. The zero-order valence-corrected chi connectivity index (χ0v) is 13.9. The minimum Gasteiger partial charge on any atom is -0.371 e. The maximum Gasteiger partial charge on any atom is 0.315 e. The Labute approximate surface area is 146 Å². The van der Waals surface area contributed by atoms with Crippen molar-refractivity contribution < 1.29 is 13.9 Å². The lowest BCUT2D eigenvalue weighted by molar-refractivity contribution is 0.0305. The van der Waals surface area contributed by atoms with Crippen molar-refractivity contribution >= 4 is 6.03 Å². The molecule has 4 rings (SSSR count). The summed E-state index contributed by atoms with van der Waals surface area (Å²) in [5.74, 6) is 0. The van der Waals surface area contributed by atoms with Crippen molar-refractivity contribution in [3.63, 3.8) is 0 Å². The van der Waals surface area contributed by atoms with E-state index in [-0.39, 0.29) is 12.1 Å². The number of alkyl halides is 1. The summed E-state index contributed by atoms with van der Waals surface area (Å²) in [6.45, 7) is 0.978. The van der Waals surface area contributed by atoms with Gasteiger partial charge in [-0.15, -0.1) is 0 Å². The van der Waals surface area contributed by atoms with E-state index in [0.717, 1.165) is 6.42 Å². The Morgan fingerprint density at radius 2 is 1.84 bits per heavy atom. The summed E-state index contributed by atoms with van der Waals surface area (Å²) in [4.78, 5) is 12.1. The minimum absolute atomic E-state index is 0.0517. The lowest BCUT2D eigenvalue weighted by Crippen LogP contribution is -2.43. The molecule has 0 aromatic heterocycles. The molecule has 2 aliphatic rings. The molecule has 0 bridgehead atoms. The molecule has 1 saturated carbocycles. The van der Waals surface area contributed by atoms with Gasteiger partial charge in [-0.05, 0) is 16.7 Å². The highest BCUT2D eigenvalue weighted by atomic mass is 19.1. The molecule has 3 atom stereocenters. The molecule has 25 heavy (non-hydrogen) atoms. The highest BCUT2D eigenvalue weighted by Gasteiger charge is 2.57. The first kappa shape index (κ1) is 16.1. The molecule has 1 heterocycles. The normalized spacial score (nSPS) is 27.2. The topological polar surface area (TPSA) is 50.4 Å². The van der Waals surface area contributed by atoms with Gasteiger partial charge in [-0.3, -0.25) is 0 Å². The van der Waals surface area contributed by atoms with Crippen LogP contribution in [0.3, 0.4) is 0 Å². The average molecular weight is 340 g/mol. The fourth-order valence-electron chi connectivity index (χ4n) is 3.39. The summed E-state index contributed by atoms with van der Waals surface area (Å²) < 4.78 is 20.5. The number of halogens is 1. The van der Waals surface area contributed by atoms with Gasteiger partial charge < -0.3 is 15.4 Å². The minimum atomic E-state index is -1.45. The molecule has 0 spiro atoms. The van der Waals surface area contributed by atoms with Gasteiger partial charge in [0.2, 0.25) is 0 Å². The van der Waals surface area contributed by atoms with Crippen LogP contribution in [0, 0.1) is 0 Å². The van der Waals surface area contributed by atoms with Crippen molar-refractivity contribution in [2.75, 3.05) is 6.54 Å². The molecular formula is C20H21FN2O2. The lowest BCUT2D eigenvalue weighted by Gasteiger charge is -2.25. The van der Waals surface area contributed by atoms with Gasteiger partial charge in [0.1, 0.15) is 0 Å². The number of urea groups is 1. The van der Waals surface area contributed by atoms with Crippen LogP contribution in [-0.4, -0.2) is 24.7 Å². The molecule has 5 heteroatoms. The first-order valence-corrected chi connectivity index (χ1v) is 8.62. The Hall–Kier alpha value is -2.40. The van der Waals surface area contributed by atoms with Gasteiger partial charge in [-0.2, -0.15) is 0 Å². The molecule has 1 fully saturated rings. The van der Waals surface area contributed by atoms with Gasteiger partial charge in [0, 0.05) is 19.4 Å². The molecule has 2 aromatic rings. The van der Waals surface area contributed by atoms with Crippen LogP contribution in [0.2, 0.25) is 0 Å². The first-order chi connectivity index (χ1) is 12.1. The summed E-state index contributed by atoms with van der Waals surface area (Å²) >= 11 is 0. The number of benzene rings is 2. The summed E-state index contributed by atoms with van der Waals surface area (Å²) in [7, 11) is 0. The second-order valence-electron chi connectivity index (χ2n) is 6.75. The van der Waals surface area contributed by atoms with Gasteiger partial charge in [0.25, 0.3) is 0 Å². The van der Waals surface area contributed by atoms with Gasteiger partial charge in [-0.25, -0.2) is 9.18 Å². The van der Waals surface area contributed by atoms with E-state index in [0.29, 0.717) is 25.1 Å². The Bertz CT molecular complexity index is 767. The van der Waals surface area contributed by atoms with Crippen LogP contribution in [0.1, 0.15) is 23.1 Å². The van der Waals surface area contributed by atoms with E-state index in [1.807, 2.05) is 30.3 Å². The molecular weight excluding hydrogens is 319 g/mol. The van der Waals surface area contributed by atoms with Crippen LogP contribution in [0.5, 0.6) is 0 Å². The standard InChI is InChI=1S/C20H21FN2O2/c21-20(16-8-2-1-3-9-16)11-18(20)23-19(24)22-12-17-10-14-6-4-5-7-15(14)13-25-17/h1-9,17-18H,10-13H2,(H2,22,23,24)/t17-,18?,20?/m0/s1. The third-order valence-corrected chi connectivity index (χ3v) is 4.98. The monoisotopic (exact) mass is 340 g/mol. The Morgan fingerprint density at radius 1 is 1.12 bits per heavy atom. The van der Waals surface area contributed by atoms with Gasteiger partial charge in [0.05, 0.1) is 18.8 Å². The fraction of sp³-hybridized carbons (Fsp3) is 0.350. The maximum absolute atomic E-state index is 14.8. The molecule has 2 amide bonds. The molecule has 2 N–H and O–H groups in total. The first-order valence-electron chi connectivity index (χ1n) is 8.62. The van der Waals surface area contributed by atoms with Gasteiger partial charge in [-0.1, -0.05) is 54.6 Å². The largest absolute Gasteiger partial charge is 0.371 e. The summed E-state index contributed by atoms with van der Waals surface area (Å²) in [5, 5.41) is 5.52. The molecule has 4 nitrogen and oxygen atoms in total. The van der Waals surface area contributed by atoms with Crippen LogP contribution < -0.4 is 10.6 Å². The van der Waals surface area contributed by atoms with E-state index in [2.05, 4.69) is 22.8 Å². The Kier molecular flexibility index (Phi) is 4.17. The molecule has 0 saturated heterocycles. The predicted octanol–water partition coefficient (Wildman–Crippen LogP) is 3.06. The second-order valence-corrected chi connectivity index (χ2v) is 6.75. The van der Waals surface area contributed by atoms with Crippen LogP contribution in [0.25, 0.3) is 0 Å². The van der Waals surface area contributed by atoms with E-state index in [1.54, 1.807) is 12.1 Å². The Balaban J connectivity index is 1.26. The number of nitrogens with one attached hydrogen (secondary N) is 2. The number of hydrogen-bond acceptors (Lipinski definition) is 2. The molecule has 2 unspecified atom stereocenters. The van der Waals surface area contributed by atoms with Gasteiger partial charge >= 0.3 is 6.03 Å². The van der Waals surface area contributed by atoms with Crippen molar-refractivity contribution in [1.29, 1.82) is 0 Å². The summed E-state index contributed by atoms with van der Waals surface area (Å²) in [6, 6.07) is 16.3. The van der Waals surface area contributed by atoms with E-state index >= 15 is 0 Å². The number of amides is 2. The van der Waals surface area contributed by atoms with Crippen molar-refractivity contribution in [1.82, 2.24) is 10.6 Å². The van der Waals surface area contributed by atoms with Crippen LogP contribution in [0.4, 0.5) is 9.18 Å². The number of rotatable bonds is 4. The molecule has 0 radical (unpaired) electrons. The SMILES string of the molecule is O=C(NC[C@@H]1Cc2ccccc2CO1)NC1CC1(F)c1ccccc1. The van der Waals surface area contributed by atoms with Crippen LogP contribution in [-0.2, 0) is 23.4 Å². The van der Waals surface area contributed by atoms with E-state index in [9.17, 15) is 9.18 Å². The number of fused-ring (bicyclic) bond motifs is 1. The van der Waals surface area contributed by atoms with E-state index in [1.165, 1.54) is 11.1 Å². The van der Waals surface area contributed by atoms with Crippen molar-refractivity contribution in [3.05, 3.63) is 71.3 Å². The van der Waals surface area contributed by atoms with E-state index in [4.69, 9.17) is 4.74 Å². The molecule has 130 valence electrons. The average Bonchev–Trinajstić information content (AvgIpc) is 3.31.